The smallest absolute Gasteiger partial charge is 0.359 e. The average molecular weight is 263 g/mol. The van der Waals surface area contributed by atoms with Crippen LogP contribution in [0.4, 0.5) is 15.3 Å². The third-order valence-corrected chi connectivity index (χ3v) is 2.55. The molecule has 1 aromatic heterocycles. The molecule has 0 radical (unpaired) electrons. The van der Waals surface area contributed by atoms with Crippen LogP contribution in [0.2, 0.25) is 0 Å². The minimum atomic E-state index is -1.21. The van der Waals surface area contributed by atoms with Gasteiger partial charge in [0.25, 0.3) is 5.69 Å². The summed E-state index contributed by atoms with van der Waals surface area (Å²) < 4.78 is 5.41. The Hall–Kier alpha value is -2.90. The number of hydrogen-bond acceptors (Lipinski definition) is 5. The van der Waals surface area contributed by atoms with Crippen LogP contribution in [0.1, 0.15) is 5.69 Å². The lowest BCUT2D eigenvalue weighted by atomic mass is 10.2. The van der Waals surface area contributed by atoms with E-state index in [1.165, 1.54) is 18.2 Å². The van der Waals surface area contributed by atoms with Crippen LogP contribution in [0.3, 0.4) is 0 Å². The predicted molar refractivity (Wildman–Crippen MR) is 64.8 cm³/mol. The number of aryl methyl sites for hydroxylation is 1. The van der Waals surface area contributed by atoms with Crippen LogP contribution in [0.25, 0.3) is 10.9 Å². The normalized spacial score (nSPS) is 10.4. The van der Waals surface area contributed by atoms with Crippen LogP contribution in [0.15, 0.2) is 24.3 Å². The molecule has 0 unspecified atom stereocenters. The summed E-state index contributed by atoms with van der Waals surface area (Å²) in [5, 5.41) is 11.2. The molecular formula is C11H9N3O5. The maximum absolute atomic E-state index is 11.7. The number of primary amides is 1. The van der Waals surface area contributed by atoms with E-state index in [1.54, 1.807) is 13.0 Å². The summed E-state index contributed by atoms with van der Waals surface area (Å²) in [6, 6.07) is 5.57. The maximum Gasteiger partial charge on any atom is 0.427 e. The number of nitro groups is 1. The van der Waals surface area contributed by atoms with E-state index < -0.39 is 17.1 Å². The Labute approximate surface area is 106 Å². The number of amides is 1. The van der Waals surface area contributed by atoms with Crippen molar-refractivity contribution in [2.75, 3.05) is 0 Å². The number of non-ortho nitro benzene ring substituents is 1. The van der Waals surface area contributed by atoms with Crippen molar-refractivity contribution in [1.29, 1.82) is 0 Å². The highest BCUT2D eigenvalue weighted by atomic mass is 16.6. The number of ether oxygens (including phenoxy) is 1. The summed E-state index contributed by atoms with van der Waals surface area (Å²) in [4.78, 5) is 32.4. The largest absolute Gasteiger partial charge is 0.427 e. The van der Waals surface area contributed by atoms with Gasteiger partial charge in [0.05, 0.1) is 10.4 Å². The second-order valence-electron chi connectivity index (χ2n) is 3.81. The fourth-order valence-corrected chi connectivity index (χ4v) is 1.83. The fraction of sp³-hybridized carbons (Fsp3) is 0.0909. The second kappa shape index (κ2) is 4.41. The van der Waals surface area contributed by atoms with Crippen molar-refractivity contribution in [1.82, 2.24) is 4.57 Å². The lowest BCUT2D eigenvalue weighted by Gasteiger charge is -2.04. The van der Waals surface area contributed by atoms with Crippen molar-refractivity contribution in [2.45, 2.75) is 6.92 Å². The molecule has 98 valence electrons. The minimum Gasteiger partial charge on any atom is -0.359 e. The number of hydrogen-bond donors (Lipinski definition) is 1. The Morgan fingerprint density at radius 3 is 2.63 bits per heavy atom. The van der Waals surface area contributed by atoms with E-state index in [-0.39, 0.29) is 5.69 Å². The van der Waals surface area contributed by atoms with Gasteiger partial charge in [0, 0.05) is 23.2 Å². The molecule has 0 aliphatic heterocycles. The number of nitrogens with two attached hydrogens (primary N) is 1. The van der Waals surface area contributed by atoms with E-state index in [1.807, 2.05) is 0 Å². The number of fused-ring (bicyclic) bond motifs is 1. The van der Waals surface area contributed by atoms with E-state index in [0.29, 0.717) is 16.6 Å². The van der Waals surface area contributed by atoms with Gasteiger partial charge in [-0.3, -0.25) is 10.1 Å². The Morgan fingerprint density at radius 1 is 1.37 bits per heavy atom. The van der Waals surface area contributed by atoms with Crippen LogP contribution in [-0.2, 0) is 4.74 Å². The van der Waals surface area contributed by atoms with Gasteiger partial charge in [-0.15, -0.1) is 0 Å². The maximum atomic E-state index is 11.7. The lowest BCUT2D eigenvalue weighted by Crippen LogP contribution is -2.23. The fourth-order valence-electron chi connectivity index (χ4n) is 1.83. The monoisotopic (exact) mass is 263 g/mol. The van der Waals surface area contributed by atoms with Crippen LogP contribution in [0.5, 0.6) is 0 Å². The molecule has 8 nitrogen and oxygen atoms in total. The molecule has 1 aromatic carbocycles. The zero-order chi connectivity index (χ0) is 14.2. The summed E-state index contributed by atoms with van der Waals surface area (Å²) in [6.45, 7) is 1.61. The van der Waals surface area contributed by atoms with Crippen LogP contribution >= 0.6 is 0 Å². The van der Waals surface area contributed by atoms with Crippen molar-refractivity contribution in [3.8, 4) is 0 Å². The second-order valence-corrected chi connectivity index (χ2v) is 3.81. The highest BCUT2D eigenvalue weighted by Gasteiger charge is 2.17. The summed E-state index contributed by atoms with van der Waals surface area (Å²) in [6.07, 6.45) is -2.16. The minimum absolute atomic E-state index is 0.0899. The van der Waals surface area contributed by atoms with E-state index in [4.69, 9.17) is 5.73 Å². The zero-order valence-corrected chi connectivity index (χ0v) is 9.82. The molecule has 8 heteroatoms. The molecule has 1 heterocycles. The first-order chi connectivity index (χ1) is 8.90. The highest BCUT2D eigenvalue weighted by molar-refractivity contribution is 5.94. The molecule has 0 saturated heterocycles. The molecule has 0 atom stereocenters. The Balaban J connectivity index is 2.57. The quantitative estimate of drug-likeness (QED) is 0.479. The molecule has 19 heavy (non-hydrogen) atoms. The van der Waals surface area contributed by atoms with Gasteiger partial charge in [-0.1, -0.05) is 0 Å². The summed E-state index contributed by atoms with van der Waals surface area (Å²) in [5.74, 6) is 0. The van der Waals surface area contributed by atoms with Crippen LogP contribution < -0.4 is 5.73 Å². The first kappa shape index (κ1) is 12.6. The molecule has 0 fully saturated rings. The number of nitrogens with zero attached hydrogens (tertiary/aromatic N) is 2. The molecule has 1 amide bonds. The molecule has 2 rings (SSSR count). The molecule has 0 spiro atoms. The third kappa shape index (κ3) is 2.23. The highest BCUT2D eigenvalue weighted by Crippen LogP contribution is 2.24. The van der Waals surface area contributed by atoms with E-state index in [0.717, 1.165) is 4.57 Å². The molecule has 2 N–H and O–H groups in total. The van der Waals surface area contributed by atoms with Crippen LogP contribution in [-0.4, -0.2) is 21.7 Å². The van der Waals surface area contributed by atoms with Crippen molar-refractivity contribution < 1.29 is 19.2 Å². The zero-order valence-electron chi connectivity index (χ0n) is 9.82. The number of rotatable bonds is 1. The lowest BCUT2D eigenvalue weighted by molar-refractivity contribution is -0.384. The molecular weight excluding hydrogens is 254 g/mol. The summed E-state index contributed by atoms with van der Waals surface area (Å²) in [5.41, 5.74) is 5.55. The summed E-state index contributed by atoms with van der Waals surface area (Å²) in [7, 11) is 0. The van der Waals surface area contributed by atoms with Gasteiger partial charge < -0.3 is 10.5 Å². The van der Waals surface area contributed by atoms with E-state index >= 15 is 0 Å². The van der Waals surface area contributed by atoms with Crippen molar-refractivity contribution in [3.63, 3.8) is 0 Å². The molecule has 0 bridgehead atoms. The number of benzene rings is 1. The topological polar surface area (TPSA) is 117 Å². The van der Waals surface area contributed by atoms with E-state index in [9.17, 15) is 19.7 Å². The van der Waals surface area contributed by atoms with Crippen molar-refractivity contribution in [3.05, 3.63) is 40.1 Å². The van der Waals surface area contributed by atoms with Gasteiger partial charge in [0.1, 0.15) is 0 Å². The number of carbonyl (C=O) groups excluding carboxylic acids is 2. The molecule has 0 saturated carbocycles. The molecule has 2 aromatic rings. The molecule has 0 aliphatic rings. The third-order valence-electron chi connectivity index (χ3n) is 2.55. The number of aromatic nitrogens is 1. The van der Waals surface area contributed by atoms with Crippen molar-refractivity contribution >= 4 is 28.8 Å². The first-order valence-electron chi connectivity index (χ1n) is 5.18. The standard InChI is InChI=1S/C11H9N3O5/c1-6-4-7-5-8(14(17)18)2-3-9(7)13(6)11(16)19-10(12)15/h2-5H,1H3,(H2,12,15). The SMILES string of the molecule is Cc1cc2cc([N+](=O)[O-])ccc2n1C(=O)OC(N)=O. The summed E-state index contributed by atoms with van der Waals surface area (Å²) >= 11 is 0. The Morgan fingerprint density at radius 2 is 2.05 bits per heavy atom. The number of nitro benzene ring substituents is 1. The van der Waals surface area contributed by atoms with Gasteiger partial charge in [0.15, 0.2) is 0 Å². The average Bonchev–Trinajstić information content (AvgIpc) is 2.62. The molecule has 0 aliphatic carbocycles. The Bertz CT molecular complexity index is 704. The predicted octanol–water partition coefficient (Wildman–Crippen LogP) is 1.92. The van der Waals surface area contributed by atoms with Crippen molar-refractivity contribution in [2.24, 2.45) is 5.73 Å². The van der Waals surface area contributed by atoms with Gasteiger partial charge in [-0.05, 0) is 19.1 Å². The van der Waals surface area contributed by atoms with Gasteiger partial charge in [0.2, 0.25) is 0 Å². The van der Waals surface area contributed by atoms with E-state index in [2.05, 4.69) is 4.74 Å². The van der Waals surface area contributed by atoms with Gasteiger partial charge >= 0.3 is 12.2 Å². The van der Waals surface area contributed by atoms with Crippen LogP contribution in [0, 0.1) is 17.0 Å². The first-order valence-corrected chi connectivity index (χ1v) is 5.18. The van der Waals surface area contributed by atoms with Gasteiger partial charge in [-0.2, -0.15) is 0 Å². The van der Waals surface area contributed by atoms with Gasteiger partial charge in [-0.25, -0.2) is 14.2 Å². The number of carbonyl (C=O) groups is 2. The Kier molecular flexibility index (Phi) is 2.91.